The smallest absolute Gasteiger partial charge is 0.302 e. The third kappa shape index (κ3) is 14.9. The van der Waals surface area contributed by atoms with E-state index in [1.807, 2.05) is 0 Å². The van der Waals surface area contributed by atoms with Crippen LogP contribution in [-0.2, 0) is 9.53 Å². The summed E-state index contributed by atoms with van der Waals surface area (Å²) in [5.74, 6) is -0.180. The molecule has 0 heterocycles. The van der Waals surface area contributed by atoms with Gasteiger partial charge in [0, 0.05) is 6.92 Å². The molecule has 0 atom stereocenters. The molecule has 2 heteroatoms. The van der Waals surface area contributed by atoms with Crippen LogP contribution in [0.4, 0.5) is 0 Å². The Balaban J connectivity index is 3.18. The van der Waals surface area contributed by atoms with Gasteiger partial charge in [-0.25, -0.2) is 0 Å². The Labute approximate surface area is 112 Å². The van der Waals surface area contributed by atoms with E-state index in [0.717, 1.165) is 32.1 Å². The molecule has 0 aliphatic rings. The molecule has 0 aromatic rings. The average Bonchev–Trinajstić information content (AvgIpc) is 2.34. The number of unbranched alkanes of at least 4 members (excludes halogenated alkanes) is 5. The Morgan fingerprint density at radius 2 is 1.44 bits per heavy atom. The Morgan fingerprint density at radius 1 is 0.889 bits per heavy atom. The maximum atomic E-state index is 10.5. The highest BCUT2D eigenvalue weighted by atomic mass is 16.5. The lowest BCUT2D eigenvalue weighted by Crippen LogP contribution is -1.99. The zero-order valence-electron chi connectivity index (χ0n) is 12.0. The van der Waals surface area contributed by atoms with Crippen molar-refractivity contribution in [2.45, 2.75) is 65.2 Å². The van der Waals surface area contributed by atoms with Crippen LogP contribution in [-0.4, -0.2) is 12.6 Å². The molecular weight excluding hydrogens is 224 g/mol. The van der Waals surface area contributed by atoms with Crippen LogP contribution in [0.25, 0.3) is 0 Å². The van der Waals surface area contributed by atoms with E-state index in [1.54, 1.807) is 0 Å². The van der Waals surface area contributed by atoms with Crippen molar-refractivity contribution in [3.05, 3.63) is 24.3 Å². The lowest BCUT2D eigenvalue weighted by molar-refractivity contribution is -0.141. The first-order valence-electron chi connectivity index (χ1n) is 7.20. The number of allylic oxidation sites excluding steroid dienone is 4. The van der Waals surface area contributed by atoms with Gasteiger partial charge in [-0.2, -0.15) is 0 Å². The first-order chi connectivity index (χ1) is 8.77. The van der Waals surface area contributed by atoms with E-state index in [0.29, 0.717) is 6.61 Å². The molecule has 0 saturated heterocycles. The molecule has 18 heavy (non-hydrogen) atoms. The summed E-state index contributed by atoms with van der Waals surface area (Å²) in [6.45, 7) is 4.23. The third-order valence-corrected chi connectivity index (χ3v) is 2.63. The number of ether oxygens (including phenoxy) is 1. The van der Waals surface area contributed by atoms with Gasteiger partial charge in [0.2, 0.25) is 0 Å². The van der Waals surface area contributed by atoms with Gasteiger partial charge in [-0.05, 0) is 38.5 Å². The van der Waals surface area contributed by atoms with Crippen LogP contribution in [0.1, 0.15) is 65.2 Å². The van der Waals surface area contributed by atoms with Crippen molar-refractivity contribution in [2.24, 2.45) is 0 Å². The Kier molecular flexibility index (Phi) is 13.2. The molecule has 0 N–H and O–H groups in total. The quantitative estimate of drug-likeness (QED) is 0.300. The van der Waals surface area contributed by atoms with Gasteiger partial charge in [0.1, 0.15) is 0 Å². The molecule has 0 fully saturated rings. The molecule has 0 radical (unpaired) electrons. The second kappa shape index (κ2) is 14.0. The van der Waals surface area contributed by atoms with Crippen LogP contribution in [0.3, 0.4) is 0 Å². The van der Waals surface area contributed by atoms with Crippen molar-refractivity contribution in [3.63, 3.8) is 0 Å². The summed E-state index contributed by atoms with van der Waals surface area (Å²) in [5.41, 5.74) is 0. The SMILES string of the molecule is CCCCC=CCCC=CCCCCOC(C)=O. The van der Waals surface area contributed by atoms with Crippen molar-refractivity contribution in [1.82, 2.24) is 0 Å². The van der Waals surface area contributed by atoms with E-state index >= 15 is 0 Å². The standard InChI is InChI=1S/C16H28O2/c1-3-4-5-6-7-8-9-10-11-12-13-14-15-18-16(2)17/h6-7,10-11H,3-5,8-9,12-15H2,1-2H3. The zero-order valence-corrected chi connectivity index (χ0v) is 12.0. The second-order valence-electron chi connectivity index (χ2n) is 4.50. The molecule has 0 aliphatic heterocycles. The Bertz CT molecular complexity index is 241. The monoisotopic (exact) mass is 252 g/mol. The van der Waals surface area contributed by atoms with Crippen LogP contribution in [0.2, 0.25) is 0 Å². The molecule has 2 nitrogen and oxygen atoms in total. The van der Waals surface area contributed by atoms with E-state index < -0.39 is 0 Å². The highest BCUT2D eigenvalue weighted by Crippen LogP contribution is 2.01. The van der Waals surface area contributed by atoms with Crippen LogP contribution in [0.5, 0.6) is 0 Å². The normalized spacial score (nSPS) is 11.4. The molecule has 0 spiro atoms. The van der Waals surface area contributed by atoms with Gasteiger partial charge >= 0.3 is 5.97 Å². The molecule has 0 aromatic carbocycles. The van der Waals surface area contributed by atoms with Crippen molar-refractivity contribution in [2.75, 3.05) is 6.61 Å². The number of esters is 1. The van der Waals surface area contributed by atoms with Gasteiger partial charge in [-0.15, -0.1) is 0 Å². The van der Waals surface area contributed by atoms with E-state index in [-0.39, 0.29) is 5.97 Å². The number of hydrogen-bond acceptors (Lipinski definition) is 2. The molecular formula is C16H28O2. The minimum Gasteiger partial charge on any atom is -0.466 e. The number of carbonyl (C=O) groups is 1. The van der Waals surface area contributed by atoms with E-state index in [2.05, 4.69) is 31.2 Å². The molecule has 104 valence electrons. The molecule has 0 unspecified atom stereocenters. The molecule has 0 amide bonds. The molecule has 0 saturated carbocycles. The van der Waals surface area contributed by atoms with Crippen molar-refractivity contribution < 1.29 is 9.53 Å². The summed E-state index contributed by atoms with van der Waals surface area (Å²) in [6.07, 6.45) is 18.3. The van der Waals surface area contributed by atoms with E-state index in [9.17, 15) is 4.79 Å². The summed E-state index contributed by atoms with van der Waals surface area (Å²) in [5, 5.41) is 0. The topological polar surface area (TPSA) is 26.3 Å². The average molecular weight is 252 g/mol. The van der Waals surface area contributed by atoms with Gasteiger partial charge < -0.3 is 4.74 Å². The number of hydrogen-bond donors (Lipinski definition) is 0. The van der Waals surface area contributed by atoms with Crippen molar-refractivity contribution in [3.8, 4) is 0 Å². The molecule has 0 rings (SSSR count). The fraction of sp³-hybridized carbons (Fsp3) is 0.688. The Morgan fingerprint density at radius 3 is 2.00 bits per heavy atom. The first kappa shape index (κ1) is 16.9. The summed E-state index contributed by atoms with van der Waals surface area (Å²) < 4.78 is 4.86. The predicted octanol–water partition coefficient (Wildman–Crippen LogP) is 4.80. The summed E-state index contributed by atoms with van der Waals surface area (Å²) in [7, 11) is 0. The van der Waals surface area contributed by atoms with E-state index in [4.69, 9.17) is 4.74 Å². The molecule has 0 bridgehead atoms. The fourth-order valence-corrected chi connectivity index (χ4v) is 1.57. The van der Waals surface area contributed by atoms with Crippen LogP contribution in [0.15, 0.2) is 24.3 Å². The minimum atomic E-state index is -0.180. The summed E-state index contributed by atoms with van der Waals surface area (Å²) in [6, 6.07) is 0. The summed E-state index contributed by atoms with van der Waals surface area (Å²) in [4.78, 5) is 10.5. The third-order valence-electron chi connectivity index (χ3n) is 2.63. The zero-order chi connectivity index (χ0) is 13.5. The lowest BCUT2D eigenvalue weighted by Gasteiger charge is -1.99. The largest absolute Gasteiger partial charge is 0.466 e. The lowest BCUT2D eigenvalue weighted by atomic mass is 10.2. The highest BCUT2D eigenvalue weighted by Gasteiger charge is 1.91. The van der Waals surface area contributed by atoms with Crippen LogP contribution in [0, 0.1) is 0 Å². The van der Waals surface area contributed by atoms with E-state index in [1.165, 1.54) is 26.2 Å². The van der Waals surface area contributed by atoms with Crippen LogP contribution < -0.4 is 0 Å². The first-order valence-corrected chi connectivity index (χ1v) is 7.20. The second-order valence-corrected chi connectivity index (χ2v) is 4.50. The number of carbonyl (C=O) groups excluding carboxylic acids is 1. The molecule has 0 aliphatic carbocycles. The maximum absolute atomic E-state index is 10.5. The minimum absolute atomic E-state index is 0.180. The highest BCUT2D eigenvalue weighted by molar-refractivity contribution is 5.65. The van der Waals surface area contributed by atoms with Gasteiger partial charge in [0.05, 0.1) is 6.61 Å². The van der Waals surface area contributed by atoms with Crippen molar-refractivity contribution >= 4 is 5.97 Å². The van der Waals surface area contributed by atoms with Crippen molar-refractivity contribution in [1.29, 1.82) is 0 Å². The summed E-state index contributed by atoms with van der Waals surface area (Å²) >= 11 is 0. The Hall–Kier alpha value is -1.05. The van der Waals surface area contributed by atoms with Gasteiger partial charge in [-0.3, -0.25) is 4.79 Å². The van der Waals surface area contributed by atoms with Gasteiger partial charge in [0.15, 0.2) is 0 Å². The number of rotatable bonds is 11. The van der Waals surface area contributed by atoms with Crippen LogP contribution >= 0.6 is 0 Å². The maximum Gasteiger partial charge on any atom is 0.302 e. The van der Waals surface area contributed by atoms with Gasteiger partial charge in [0.25, 0.3) is 0 Å². The molecule has 0 aromatic heterocycles. The van der Waals surface area contributed by atoms with Gasteiger partial charge in [-0.1, -0.05) is 44.1 Å². The predicted molar refractivity (Wildman–Crippen MR) is 77.5 cm³/mol. The fourth-order valence-electron chi connectivity index (χ4n) is 1.57.